The van der Waals surface area contributed by atoms with Crippen molar-refractivity contribution in [2.45, 2.75) is 27.3 Å². The summed E-state index contributed by atoms with van der Waals surface area (Å²) >= 11 is 0. The highest BCUT2D eigenvalue weighted by Gasteiger charge is 2.21. The highest BCUT2D eigenvalue weighted by atomic mass is 16.2. The van der Waals surface area contributed by atoms with E-state index in [-0.39, 0.29) is 17.5 Å². The highest BCUT2D eigenvalue weighted by molar-refractivity contribution is 6.12. The molecule has 188 valence electrons. The molecule has 3 heterocycles. The molecular weight excluding hydrogens is 466 g/mol. The number of carbonyl (C=O) groups is 2. The summed E-state index contributed by atoms with van der Waals surface area (Å²) in [4.78, 5) is 26.3. The molecule has 0 atom stereocenters. The molecule has 2 amide bonds. The summed E-state index contributed by atoms with van der Waals surface area (Å²) < 4.78 is 5.39. The van der Waals surface area contributed by atoms with Crippen LogP contribution in [0.25, 0.3) is 10.9 Å². The summed E-state index contributed by atoms with van der Waals surface area (Å²) in [6.07, 6.45) is 3.07. The summed E-state index contributed by atoms with van der Waals surface area (Å²) in [6, 6.07) is 16.0. The Bertz CT molecular complexity index is 1640. The number of nitrogens with one attached hydrogen (secondary N) is 2. The molecule has 0 radical (unpaired) electrons. The first-order chi connectivity index (χ1) is 17.7. The molecule has 9 heteroatoms. The summed E-state index contributed by atoms with van der Waals surface area (Å²) in [6.45, 7) is 6.79. The third-order valence-electron chi connectivity index (χ3n) is 6.97. The van der Waals surface area contributed by atoms with Gasteiger partial charge in [-0.3, -0.25) is 19.0 Å². The fourth-order valence-corrected chi connectivity index (χ4v) is 4.56. The maximum Gasteiger partial charge on any atom is 0.276 e. The van der Waals surface area contributed by atoms with E-state index in [1.165, 1.54) is 16.4 Å². The van der Waals surface area contributed by atoms with Gasteiger partial charge in [-0.15, -0.1) is 0 Å². The van der Waals surface area contributed by atoms with Crippen LogP contribution in [0.3, 0.4) is 0 Å². The number of rotatable bonds is 6. The number of nitrogens with zero attached hydrogens (tertiary/aromatic N) is 5. The fourth-order valence-electron chi connectivity index (χ4n) is 4.56. The molecule has 0 aliphatic carbocycles. The lowest BCUT2D eigenvalue weighted by molar-refractivity contribution is 0.101. The van der Waals surface area contributed by atoms with Crippen molar-refractivity contribution in [2.24, 2.45) is 14.1 Å². The Kier molecular flexibility index (Phi) is 6.12. The number of aromatic nitrogens is 5. The van der Waals surface area contributed by atoms with Gasteiger partial charge in [0.15, 0.2) is 0 Å². The first kappa shape index (κ1) is 24.1. The van der Waals surface area contributed by atoms with Crippen LogP contribution in [0.1, 0.15) is 43.4 Å². The van der Waals surface area contributed by atoms with Crippen LogP contribution in [-0.4, -0.2) is 35.9 Å². The normalized spacial score (nSPS) is 11.2. The molecule has 2 aromatic carbocycles. The Morgan fingerprint density at radius 3 is 2.19 bits per heavy atom. The maximum atomic E-state index is 13.3. The van der Waals surface area contributed by atoms with Gasteiger partial charge in [-0.25, -0.2) is 0 Å². The van der Waals surface area contributed by atoms with Gasteiger partial charge < -0.3 is 15.2 Å². The number of aryl methyl sites for hydroxylation is 3. The Labute approximate surface area is 214 Å². The van der Waals surface area contributed by atoms with E-state index in [2.05, 4.69) is 51.4 Å². The lowest BCUT2D eigenvalue weighted by Gasteiger charge is -2.10. The fraction of sp³-hybridized carbons (Fsp3) is 0.214. The van der Waals surface area contributed by atoms with Crippen LogP contribution in [0, 0.1) is 20.8 Å². The van der Waals surface area contributed by atoms with Crippen LogP contribution >= 0.6 is 0 Å². The highest BCUT2D eigenvalue weighted by Crippen LogP contribution is 2.28. The largest absolute Gasteiger partial charge is 0.340 e. The standard InChI is InChI=1S/C28H29N7O2/c1-17-18(2)35(16-20-9-7-6-8-10-20)25-12-11-21(13-22(17)25)27(36)32-24-15-30-34(5)26(24)28(37)31-23-14-29-33(4)19(23)3/h6-15H,16H2,1-5H3,(H,31,37)(H,32,36). The lowest BCUT2D eigenvalue weighted by atomic mass is 10.1. The molecule has 3 aromatic heterocycles. The topological polar surface area (TPSA) is 98.8 Å². The zero-order chi connectivity index (χ0) is 26.3. The Morgan fingerprint density at radius 2 is 1.49 bits per heavy atom. The molecule has 0 spiro atoms. The maximum absolute atomic E-state index is 13.3. The average Bonchev–Trinajstić information content (AvgIpc) is 3.49. The summed E-state index contributed by atoms with van der Waals surface area (Å²) in [5.74, 6) is -0.694. The predicted molar refractivity (Wildman–Crippen MR) is 144 cm³/mol. The predicted octanol–water partition coefficient (Wildman–Crippen LogP) is 4.59. The van der Waals surface area contributed by atoms with Crippen molar-refractivity contribution >= 4 is 34.1 Å². The van der Waals surface area contributed by atoms with Crippen molar-refractivity contribution in [2.75, 3.05) is 10.6 Å². The van der Waals surface area contributed by atoms with E-state index in [0.717, 1.165) is 34.4 Å². The van der Waals surface area contributed by atoms with E-state index in [1.807, 2.05) is 43.3 Å². The molecule has 0 bridgehead atoms. The van der Waals surface area contributed by atoms with Gasteiger partial charge >= 0.3 is 0 Å². The van der Waals surface area contributed by atoms with Crippen LogP contribution in [-0.2, 0) is 20.6 Å². The van der Waals surface area contributed by atoms with Crippen LogP contribution in [0.2, 0.25) is 0 Å². The Morgan fingerprint density at radius 1 is 0.811 bits per heavy atom. The Hall–Kier alpha value is -4.66. The van der Waals surface area contributed by atoms with Crippen molar-refractivity contribution in [3.63, 3.8) is 0 Å². The first-order valence-electron chi connectivity index (χ1n) is 12.0. The van der Waals surface area contributed by atoms with Gasteiger partial charge in [0.2, 0.25) is 0 Å². The Balaban J connectivity index is 1.41. The van der Waals surface area contributed by atoms with E-state index in [0.29, 0.717) is 16.9 Å². The van der Waals surface area contributed by atoms with Crippen molar-refractivity contribution in [3.05, 3.63) is 94.7 Å². The zero-order valence-electron chi connectivity index (χ0n) is 21.5. The van der Waals surface area contributed by atoms with Crippen LogP contribution in [0.5, 0.6) is 0 Å². The number of hydrogen-bond acceptors (Lipinski definition) is 4. The van der Waals surface area contributed by atoms with Gasteiger partial charge in [-0.1, -0.05) is 30.3 Å². The number of fused-ring (bicyclic) bond motifs is 1. The average molecular weight is 496 g/mol. The molecule has 0 aliphatic rings. The molecule has 5 rings (SSSR count). The second kappa shape index (κ2) is 9.42. The van der Waals surface area contributed by atoms with Gasteiger partial charge in [0.05, 0.1) is 29.5 Å². The summed E-state index contributed by atoms with van der Waals surface area (Å²) in [5, 5.41) is 15.1. The van der Waals surface area contributed by atoms with Crippen LogP contribution in [0.15, 0.2) is 60.9 Å². The van der Waals surface area contributed by atoms with Gasteiger partial charge in [-0.2, -0.15) is 10.2 Å². The van der Waals surface area contributed by atoms with Gasteiger partial charge in [0.1, 0.15) is 5.69 Å². The molecule has 2 N–H and O–H groups in total. The molecular formula is C28H29N7O2. The van der Waals surface area contributed by atoms with Crippen molar-refractivity contribution in [1.29, 1.82) is 0 Å². The first-order valence-corrected chi connectivity index (χ1v) is 12.0. The number of anilines is 2. The molecule has 9 nitrogen and oxygen atoms in total. The van der Waals surface area contributed by atoms with Gasteiger partial charge in [0, 0.05) is 42.8 Å². The van der Waals surface area contributed by atoms with Gasteiger partial charge in [-0.05, 0) is 50.1 Å². The van der Waals surface area contributed by atoms with E-state index in [1.54, 1.807) is 25.0 Å². The van der Waals surface area contributed by atoms with Crippen molar-refractivity contribution in [1.82, 2.24) is 24.1 Å². The number of amides is 2. The minimum Gasteiger partial charge on any atom is -0.340 e. The van der Waals surface area contributed by atoms with E-state index in [4.69, 9.17) is 0 Å². The second-order valence-corrected chi connectivity index (χ2v) is 9.22. The molecule has 0 saturated carbocycles. The number of hydrogen-bond donors (Lipinski definition) is 2. The summed E-state index contributed by atoms with van der Waals surface area (Å²) in [5.41, 5.74) is 7.09. The minimum absolute atomic E-state index is 0.249. The smallest absolute Gasteiger partial charge is 0.276 e. The van der Waals surface area contributed by atoms with E-state index in [9.17, 15) is 9.59 Å². The molecule has 0 saturated heterocycles. The van der Waals surface area contributed by atoms with Crippen molar-refractivity contribution in [3.8, 4) is 0 Å². The molecule has 0 unspecified atom stereocenters. The summed E-state index contributed by atoms with van der Waals surface area (Å²) in [7, 11) is 3.46. The third kappa shape index (κ3) is 4.40. The van der Waals surface area contributed by atoms with Crippen molar-refractivity contribution < 1.29 is 9.59 Å². The quantitative estimate of drug-likeness (QED) is 0.360. The second-order valence-electron chi connectivity index (χ2n) is 9.22. The van der Waals surface area contributed by atoms with E-state index < -0.39 is 0 Å². The minimum atomic E-state index is -0.383. The SMILES string of the molecule is Cc1c(C)n(Cc2ccccc2)c2ccc(C(=O)Nc3cnn(C)c3C(=O)Nc3cnn(C)c3C)cc12. The lowest BCUT2D eigenvalue weighted by Crippen LogP contribution is -2.20. The molecule has 37 heavy (non-hydrogen) atoms. The third-order valence-corrected chi connectivity index (χ3v) is 6.97. The molecule has 0 fully saturated rings. The number of carbonyl (C=O) groups excluding carboxylic acids is 2. The molecule has 0 aliphatic heterocycles. The van der Waals surface area contributed by atoms with Gasteiger partial charge in [0.25, 0.3) is 11.8 Å². The zero-order valence-corrected chi connectivity index (χ0v) is 21.5. The van der Waals surface area contributed by atoms with Crippen LogP contribution < -0.4 is 10.6 Å². The van der Waals surface area contributed by atoms with E-state index >= 15 is 0 Å². The molecule has 5 aromatic rings. The monoisotopic (exact) mass is 495 g/mol. The number of benzene rings is 2. The van der Waals surface area contributed by atoms with Crippen LogP contribution in [0.4, 0.5) is 11.4 Å².